The number of aryl methyl sites for hydroxylation is 1. The van der Waals surface area contributed by atoms with E-state index in [4.69, 9.17) is 0 Å². The van der Waals surface area contributed by atoms with Crippen LogP contribution in [0.15, 0.2) is 24.3 Å². The Hall–Kier alpha value is -0.860. The van der Waals surface area contributed by atoms with Crippen molar-refractivity contribution >= 4 is 0 Å². The molecule has 0 bridgehead atoms. The van der Waals surface area contributed by atoms with E-state index in [1.165, 1.54) is 56.4 Å². The van der Waals surface area contributed by atoms with Crippen LogP contribution in [-0.4, -0.2) is 31.6 Å². The van der Waals surface area contributed by atoms with Crippen molar-refractivity contribution < 1.29 is 0 Å². The molecule has 1 saturated heterocycles. The maximum atomic E-state index is 3.50. The van der Waals surface area contributed by atoms with Gasteiger partial charge in [-0.3, -0.25) is 0 Å². The summed E-state index contributed by atoms with van der Waals surface area (Å²) in [5.41, 5.74) is 2.77. The number of benzene rings is 1. The van der Waals surface area contributed by atoms with Crippen LogP contribution in [0.5, 0.6) is 0 Å². The molecule has 1 heterocycles. The number of nitrogens with one attached hydrogen (secondary N) is 1. The fourth-order valence-electron chi connectivity index (χ4n) is 2.90. The van der Waals surface area contributed by atoms with Crippen LogP contribution in [0, 0.1) is 12.8 Å². The van der Waals surface area contributed by atoms with E-state index in [9.17, 15) is 0 Å². The van der Waals surface area contributed by atoms with E-state index in [2.05, 4.69) is 48.5 Å². The van der Waals surface area contributed by atoms with Crippen molar-refractivity contribution in [1.82, 2.24) is 10.2 Å². The number of rotatable bonds is 6. The summed E-state index contributed by atoms with van der Waals surface area (Å²) in [4.78, 5) is 2.45. The molecule has 2 rings (SSSR count). The highest BCUT2D eigenvalue weighted by Gasteiger charge is 2.12. The highest BCUT2D eigenvalue weighted by atomic mass is 15.1. The molecule has 19 heavy (non-hydrogen) atoms. The molecule has 0 saturated carbocycles. The van der Waals surface area contributed by atoms with Gasteiger partial charge in [-0.1, -0.05) is 29.8 Å². The van der Waals surface area contributed by atoms with Gasteiger partial charge in [-0.15, -0.1) is 0 Å². The zero-order valence-electron chi connectivity index (χ0n) is 12.5. The first-order valence-corrected chi connectivity index (χ1v) is 7.69. The zero-order chi connectivity index (χ0) is 13.5. The molecule has 0 aromatic heterocycles. The molecule has 1 atom stereocenters. The lowest BCUT2D eigenvalue weighted by Gasteiger charge is -2.24. The van der Waals surface area contributed by atoms with Gasteiger partial charge in [-0.05, 0) is 70.8 Å². The quantitative estimate of drug-likeness (QED) is 0.845. The lowest BCUT2D eigenvalue weighted by Crippen LogP contribution is -2.30. The summed E-state index contributed by atoms with van der Waals surface area (Å²) in [5.74, 6) is 0.918. The summed E-state index contributed by atoms with van der Waals surface area (Å²) < 4.78 is 0. The van der Waals surface area contributed by atoms with Crippen molar-refractivity contribution in [3.8, 4) is 0 Å². The smallest absolute Gasteiger partial charge is 0.0230 e. The van der Waals surface area contributed by atoms with E-state index in [1.807, 2.05) is 0 Å². The van der Waals surface area contributed by atoms with Crippen molar-refractivity contribution in [1.29, 1.82) is 0 Å². The van der Waals surface area contributed by atoms with Crippen molar-refractivity contribution in [3.63, 3.8) is 0 Å². The van der Waals surface area contributed by atoms with Crippen molar-refractivity contribution in [2.45, 2.75) is 39.2 Å². The van der Waals surface area contributed by atoms with Gasteiger partial charge in [0.15, 0.2) is 0 Å². The number of nitrogens with zero attached hydrogens (tertiary/aromatic N) is 1. The number of hydrogen-bond acceptors (Lipinski definition) is 2. The van der Waals surface area contributed by atoms with Gasteiger partial charge in [-0.25, -0.2) is 0 Å². The molecule has 1 aromatic rings. The Morgan fingerprint density at radius 2 is 2.05 bits per heavy atom. The molecule has 1 aliphatic rings. The predicted molar refractivity (Wildman–Crippen MR) is 82.3 cm³/mol. The van der Waals surface area contributed by atoms with Crippen LogP contribution in [0.25, 0.3) is 0 Å². The van der Waals surface area contributed by atoms with Gasteiger partial charge in [0.2, 0.25) is 0 Å². The summed E-state index contributed by atoms with van der Waals surface area (Å²) in [6, 6.07) is 8.90. The first kappa shape index (κ1) is 14.5. The van der Waals surface area contributed by atoms with Gasteiger partial charge in [0.25, 0.3) is 0 Å². The maximum Gasteiger partial charge on any atom is 0.0230 e. The average molecular weight is 260 g/mol. The van der Waals surface area contributed by atoms with Crippen LogP contribution in [0.1, 0.15) is 36.8 Å². The number of piperidine rings is 1. The van der Waals surface area contributed by atoms with E-state index in [-0.39, 0.29) is 0 Å². The lowest BCUT2D eigenvalue weighted by atomic mass is 9.95. The third kappa shape index (κ3) is 5.33. The third-order valence-electron chi connectivity index (χ3n) is 4.12. The minimum absolute atomic E-state index is 0.918. The standard InChI is InChI=1S/C17H28N2/c1-15-7-9-17(10-8-15)14-19(2)12-4-6-16-5-3-11-18-13-16/h7-10,16,18H,3-6,11-14H2,1-2H3. The second kappa shape index (κ2) is 7.66. The molecule has 106 valence electrons. The van der Waals surface area contributed by atoms with Gasteiger partial charge >= 0.3 is 0 Å². The van der Waals surface area contributed by atoms with Crippen LogP contribution in [-0.2, 0) is 6.54 Å². The molecule has 1 aromatic carbocycles. The maximum absolute atomic E-state index is 3.50. The van der Waals surface area contributed by atoms with Crippen LogP contribution >= 0.6 is 0 Å². The van der Waals surface area contributed by atoms with Gasteiger partial charge in [0.1, 0.15) is 0 Å². The Balaban J connectivity index is 1.63. The summed E-state index contributed by atoms with van der Waals surface area (Å²) in [7, 11) is 2.24. The summed E-state index contributed by atoms with van der Waals surface area (Å²) in [5, 5.41) is 3.50. The molecular weight excluding hydrogens is 232 g/mol. The highest BCUT2D eigenvalue weighted by Crippen LogP contribution is 2.16. The molecule has 0 amide bonds. The Kier molecular flexibility index (Phi) is 5.87. The van der Waals surface area contributed by atoms with Gasteiger partial charge < -0.3 is 10.2 Å². The fraction of sp³-hybridized carbons (Fsp3) is 0.647. The predicted octanol–water partition coefficient (Wildman–Crippen LogP) is 3.21. The minimum Gasteiger partial charge on any atom is -0.316 e. The van der Waals surface area contributed by atoms with Crippen LogP contribution in [0.2, 0.25) is 0 Å². The monoisotopic (exact) mass is 260 g/mol. The minimum atomic E-state index is 0.918. The Labute approximate surface area is 118 Å². The molecule has 0 radical (unpaired) electrons. The van der Waals surface area contributed by atoms with E-state index in [0.717, 1.165) is 12.5 Å². The average Bonchev–Trinajstić information content (AvgIpc) is 2.43. The molecule has 0 spiro atoms. The highest BCUT2D eigenvalue weighted by molar-refractivity contribution is 5.21. The molecule has 2 heteroatoms. The molecule has 1 N–H and O–H groups in total. The molecule has 1 unspecified atom stereocenters. The zero-order valence-corrected chi connectivity index (χ0v) is 12.5. The van der Waals surface area contributed by atoms with Crippen molar-refractivity contribution in [2.24, 2.45) is 5.92 Å². The lowest BCUT2D eigenvalue weighted by molar-refractivity contribution is 0.287. The normalized spacial score (nSPS) is 19.8. The van der Waals surface area contributed by atoms with Crippen LogP contribution in [0.4, 0.5) is 0 Å². The molecule has 1 aliphatic heterocycles. The van der Waals surface area contributed by atoms with Gasteiger partial charge in [0, 0.05) is 6.54 Å². The SMILES string of the molecule is Cc1ccc(CN(C)CCCC2CCCNC2)cc1. The fourth-order valence-corrected chi connectivity index (χ4v) is 2.90. The summed E-state index contributed by atoms with van der Waals surface area (Å²) in [6.45, 7) is 6.89. The third-order valence-corrected chi connectivity index (χ3v) is 4.12. The number of hydrogen-bond donors (Lipinski definition) is 1. The second-order valence-electron chi connectivity index (χ2n) is 6.08. The second-order valence-corrected chi connectivity index (χ2v) is 6.08. The van der Waals surface area contributed by atoms with Gasteiger partial charge in [0.05, 0.1) is 0 Å². The summed E-state index contributed by atoms with van der Waals surface area (Å²) in [6.07, 6.45) is 5.50. The van der Waals surface area contributed by atoms with Crippen molar-refractivity contribution in [2.75, 3.05) is 26.7 Å². The first-order valence-electron chi connectivity index (χ1n) is 7.69. The molecular formula is C17H28N2. The summed E-state index contributed by atoms with van der Waals surface area (Å²) >= 11 is 0. The largest absolute Gasteiger partial charge is 0.316 e. The Bertz CT molecular complexity index is 352. The van der Waals surface area contributed by atoms with E-state index in [0.29, 0.717) is 0 Å². The van der Waals surface area contributed by atoms with Crippen molar-refractivity contribution in [3.05, 3.63) is 35.4 Å². The van der Waals surface area contributed by atoms with Gasteiger partial charge in [-0.2, -0.15) is 0 Å². The Morgan fingerprint density at radius 3 is 2.74 bits per heavy atom. The Morgan fingerprint density at radius 1 is 1.26 bits per heavy atom. The first-order chi connectivity index (χ1) is 9.24. The van der Waals surface area contributed by atoms with E-state index < -0.39 is 0 Å². The van der Waals surface area contributed by atoms with Crippen LogP contribution in [0.3, 0.4) is 0 Å². The molecule has 1 fully saturated rings. The molecule has 0 aliphatic carbocycles. The van der Waals surface area contributed by atoms with Crippen LogP contribution < -0.4 is 5.32 Å². The topological polar surface area (TPSA) is 15.3 Å². The van der Waals surface area contributed by atoms with E-state index in [1.54, 1.807) is 0 Å². The molecule has 2 nitrogen and oxygen atoms in total. The van der Waals surface area contributed by atoms with E-state index >= 15 is 0 Å².